The maximum atomic E-state index is 12.6. The van der Waals surface area contributed by atoms with Crippen LogP contribution in [-0.4, -0.2) is 25.8 Å². The molecule has 0 radical (unpaired) electrons. The number of fused-ring (bicyclic) bond motifs is 1. The summed E-state index contributed by atoms with van der Waals surface area (Å²) in [6, 6.07) is 9.54. The SMILES string of the molecule is Cc1ccc(CNS(=O)(=O)c2cc3c(s2)CCN(C(=O)C2CC2)C3)cc1. The zero-order valence-electron chi connectivity index (χ0n) is 14.7. The second-order valence-electron chi connectivity index (χ2n) is 7.11. The fourth-order valence-corrected chi connectivity index (χ4v) is 5.78. The molecule has 1 amide bonds. The van der Waals surface area contributed by atoms with Crippen LogP contribution < -0.4 is 4.72 Å². The van der Waals surface area contributed by atoms with E-state index in [1.165, 1.54) is 11.3 Å². The molecule has 7 heteroatoms. The standard InChI is InChI=1S/C19H22N2O3S2/c1-13-2-4-14(5-3-13)11-20-26(23,24)18-10-16-12-21(9-8-17(16)25-18)19(22)15-6-7-15/h2-5,10,15,20H,6-9,11-12H2,1H3. The first-order chi connectivity index (χ1) is 12.4. The van der Waals surface area contributed by atoms with E-state index in [1.807, 2.05) is 36.1 Å². The van der Waals surface area contributed by atoms with Crippen LogP contribution in [0.3, 0.4) is 0 Å². The molecule has 1 N–H and O–H groups in total. The Morgan fingerprint density at radius 3 is 2.69 bits per heavy atom. The molecule has 26 heavy (non-hydrogen) atoms. The summed E-state index contributed by atoms with van der Waals surface area (Å²) in [5.41, 5.74) is 3.06. The molecule has 1 aliphatic carbocycles. The van der Waals surface area contributed by atoms with Gasteiger partial charge < -0.3 is 4.90 Å². The third-order valence-electron chi connectivity index (χ3n) is 4.93. The third-order valence-corrected chi connectivity index (χ3v) is 8.05. The molecule has 5 nitrogen and oxygen atoms in total. The van der Waals surface area contributed by atoms with Crippen LogP contribution in [0.15, 0.2) is 34.5 Å². The number of hydrogen-bond donors (Lipinski definition) is 1. The van der Waals surface area contributed by atoms with Crippen molar-refractivity contribution >= 4 is 27.3 Å². The Kier molecular flexibility index (Phi) is 4.62. The Hall–Kier alpha value is -1.70. The van der Waals surface area contributed by atoms with Gasteiger partial charge in [0.25, 0.3) is 0 Å². The van der Waals surface area contributed by atoms with Crippen LogP contribution in [0.5, 0.6) is 0 Å². The molecule has 0 spiro atoms. The Labute approximate surface area is 158 Å². The van der Waals surface area contributed by atoms with E-state index >= 15 is 0 Å². The maximum Gasteiger partial charge on any atom is 0.250 e. The summed E-state index contributed by atoms with van der Waals surface area (Å²) in [4.78, 5) is 15.2. The highest BCUT2D eigenvalue weighted by Crippen LogP contribution is 2.35. The van der Waals surface area contributed by atoms with Gasteiger partial charge in [-0.25, -0.2) is 13.1 Å². The molecule has 2 heterocycles. The van der Waals surface area contributed by atoms with Gasteiger partial charge in [0.1, 0.15) is 4.21 Å². The van der Waals surface area contributed by atoms with E-state index in [0.29, 0.717) is 17.3 Å². The normalized spacial score (nSPS) is 17.2. The van der Waals surface area contributed by atoms with Gasteiger partial charge in [0.2, 0.25) is 15.9 Å². The number of amides is 1. The second-order valence-corrected chi connectivity index (χ2v) is 10.2. The highest BCUT2D eigenvalue weighted by atomic mass is 32.2. The summed E-state index contributed by atoms with van der Waals surface area (Å²) in [6.45, 7) is 3.51. The number of benzene rings is 1. The van der Waals surface area contributed by atoms with Crippen molar-refractivity contribution < 1.29 is 13.2 Å². The lowest BCUT2D eigenvalue weighted by Crippen LogP contribution is -2.36. The molecule has 0 bridgehead atoms. The van der Waals surface area contributed by atoms with Gasteiger partial charge >= 0.3 is 0 Å². The van der Waals surface area contributed by atoms with Gasteiger partial charge in [-0.05, 0) is 43.4 Å². The fourth-order valence-electron chi connectivity index (χ4n) is 3.17. The quantitative estimate of drug-likeness (QED) is 0.854. The monoisotopic (exact) mass is 390 g/mol. The number of carbonyl (C=O) groups excluding carboxylic acids is 1. The van der Waals surface area contributed by atoms with E-state index in [0.717, 1.165) is 40.8 Å². The molecule has 1 aromatic heterocycles. The van der Waals surface area contributed by atoms with Crippen molar-refractivity contribution in [3.8, 4) is 0 Å². The molecule has 1 aromatic carbocycles. The first-order valence-corrected chi connectivity index (χ1v) is 11.2. The molecule has 2 aromatic rings. The molecule has 138 valence electrons. The largest absolute Gasteiger partial charge is 0.338 e. The topological polar surface area (TPSA) is 66.5 Å². The number of nitrogens with zero attached hydrogens (tertiary/aromatic N) is 1. The van der Waals surface area contributed by atoms with E-state index in [9.17, 15) is 13.2 Å². The van der Waals surface area contributed by atoms with Gasteiger partial charge in [-0.15, -0.1) is 11.3 Å². The lowest BCUT2D eigenvalue weighted by atomic mass is 10.1. The number of hydrogen-bond acceptors (Lipinski definition) is 4. The lowest BCUT2D eigenvalue weighted by Gasteiger charge is -2.26. The number of carbonyl (C=O) groups is 1. The van der Waals surface area contributed by atoms with Crippen LogP contribution in [0, 0.1) is 12.8 Å². The maximum absolute atomic E-state index is 12.6. The first kappa shape index (κ1) is 17.7. The zero-order chi connectivity index (χ0) is 18.3. The minimum absolute atomic E-state index is 0.203. The van der Waals surface area contributed by atoms with Crippen LogP contribution in [0.25, 0.3) is 0 Å². The zero-order valence-corrected chi connectivity index (χ0v) is 16.3. The summed E-state index contributed by atoms with van der Waals surface area (Å²) in [6.07, 6.45) is 2.73. The fraction of sp³-hybridized carbons (Fsp3) is 0.421. The number of sulfonamides is 1. The van der Waals surface area contributed by atoms with Crippen LogP contribution in [0.4, 0.5) is 0 Å². The molecule has 1 saturated carbocycles. The van der Waals surface area contributed by atoms with Gasteiger partial charge in [-0.3, -0.25) is 4.79 Å². The first-order valence-electron chi connectivity index (χ1n) is 8.88. The van der Waals surface area contributed by atoms with Crippen LogP contribution >= 0.6 is 11.3 Å². The van der Waals surface area contributed by atoms with Gasteiger partial charge in [0.15, 0.2) is 0 Å². The molecular weight excluding hydrogens is 368 g/mol. The van der Waals surface area contributed by atoms with Crippen molar-refractivity contribution in [1.29, 1.82) is 0 Å². The lowest BCUT2D eigenvalue weighted by molar-refractivity contribution is -0.133. The number of thiophene rings is 1. The summed E-state index contributed by atoms with van der Waals surface area (Å²) >= 11 is 1.33. The average Bonchev–Trinajstić information content (AvgIpc) is 3.38. The van der Waals surface area contributed by atoms with Crippen molar-refractivity contribution in [3.05, 3.63) is 51.9 Å². The highest BCUT2D eigenvalue weighted by Gasteiger charge is 2.35. The van der Waals surface area contributed by atoms with Gasteiger partial charge in [0.05, 0.1) is 0 Å². The van der Waals surface area contributed by atoms with Crippen molar-refractivity contribution in [3.63, 3.8) is 0 Å². The average molecular weight is 391 g/mol. The minimum Gasteiger partial charge on any atom is -0.338 e. The van der Waals surface area contributed by atoms with Crippen LogP contribution in [-0.2, 0) is 34.3 Å². The number of aryl methyl sites for hydroxylation is 1. The Bertz CT molecular complexity index is 928. The molecule has 1 aliphatic heterocycles. The Morgan fingerprint density at radius 1 is 1.27 bits per heavy atom. The molecule has 0 atom stereocenters. The van der Waals surface area contributed by atoms with E-state index in [-0.39, 0.29) is 18.4 Å². The molecular formula is C19H22N2O3S2. The van der Waals surface area contributed by atoms with Crippen molar-refractivity contribution in [1.82, 2.24) is 9.62 Å². The van der Waals surface area contributed by atoms with Crippen LogP contribution in [0.1, 0.15) is 34.4 Å². The van der Waals surface area contributed by atoms with E-state index < -0.39 is 10.0 Å². The summed E-state index contributed by atoms with van der Waals surface area (Å²) in [7, 11) is -3.54. The Balaban J connectivity index is 1.46. The predicted molar refractivity (Wildman–Crippen MR) is 101 cm³/mol. The predicted octanol–water partition coefficient (Wildman–Crippen LogP) is 2.83. The van der Waals surface area contributed by atoms with Crippen molar-refractivity contribution in [2.45, 2.75) is 43.5 Å². The molecule has 2 aliphatic rings. The third kappa shape index (κ3) is 3.70. The highest BCUT2D eigenvalue weighted by molar-refractivity contribution is 7.91. The van der Waals surface area contributed by atoms with Crippen molar-refractivity contribution in [2.24, 2.45) is 5.92 Å². The molecule has 0 unspecified atom stereocenters. The smallest absolute Gasteiger partial charge is 0.250 e. The van der Waals surface area contributed by atoms with E-state index in [4.69, 9.17) is 0 Å². The van der Waals surface area contributed by atoms with Crippen molar-refractivity contribution in [2.75, 3.05) is 6.54 Å². The van der Waals surface area contributed by atoms with E-state index in [1.54, 1.807) is 6.07 Å². The van der Waals surface area contributed by atoms with Gasteiger partial charge in [0, 0.05) is 30.4 Å². The molecule has 0 saturated heterocycles. The summed E-state index contributed by atoms with van der Waals surface area (Å²) in [5.74, 6) is 0.429. The van der Waals surface area contributed by atoms with Gasteiger partial charge in [-0.2, -0.15) is 0 Å². The summed E-state index contributed by atoms with van der Waals surface area (Å²) < 4.78 is 28.3. The van der Waals surface area contributed by atoms with Crippen LogP contribution in [0.2, 0.25) is 0 Å². The number of rotatable bonds is 5. The Morgan fingerprint density at radius 2 is 2.00 bits per heavy atom. The van der Waals surface area contributed by atoms with E-state index in [2.05, 4.69) is 4.72 Å². The summed E-state index contributed by atoms with van der Waals surface area (Å²) in [5, 5.41) is 0. The molecule has 1 fully saturated rings. The number of nitrogens with one attached hydrogen (secondary N) is 1. The molecule has 4 rings (SSSR count). The minimum atomic E-state index is -3.54. The second kappa shape index (κ2) is 6.79. The van der Waals surface area contributed by atoms with Gasteiger partial charge in [-0.1, -0.05) is 29.8 Å².